The average molecular weight is 609 g/mol. The number of esters is 1. The highest BCUT2D eigenvalue weighted by Crippen LogP contribution is 2.58. The number of alkyl halides is 1. The molecular formula is C26H34ClN6O7P. The zero-order valence-corrected chi connectivity index (χ0v) is 24.9. The van der Waals surface area contributed by atoms with Gasteiger partial charge in [0, 0.05) is 0 Å². The number of carbonyl (C=O) groups is 1. The fourth-order valence-corrected chi connectivity index (χ4v) is 7.07. The fraction of sp³-hybridized carbons (Fsp3) is 0.538. The number of nitrogens with two attached hydrogens (primary N) is 1. The summed E-state index contributed by atoms with van der Waals surface area (Å²) in [5, 5.41) is 2.98. The average Bonchev–Trinajstić information content (AvgIpc) is 3.45. The van der Waals surface area contributed by atoms with Gasteiger partial charge in [-0.25, -0.2) is 14.6 Å². The van der Waals surface area contributed by atoms with Crippen LogP contribution in [0.2, 0.25) is 0 Å². The Bertz CT molecular complexity index is 1440. The Morgan fingerprint density at radius 2 is 2.07 bits per heavy atom. The van der Waals surface area contributed by atoms with Crippen LogP contribution in [0, 0.1) is 5.92 Å². The Kier molecular flexibility index (Phi) is 8.56. The van der Waals surface area contributed by atoms with Crippen LogP contribution in [0.1, 0.15) is 39.5 Å². The lowest BCUT2D eigenvalue weighted by Crippen LogP contribution is -2.47. The number of aromatic nitrogens is 4. The fourth-order valence-electron chi connectivity index (χ4n) is 4.86. The topological polar surface area (TPSA) is 162 Å². The van der Waals surface area contributed by atoms with Crippen molar-refractivity contribution >= 4 is 42.4 Å². The van der Waals surface area contributed by atoms with Gasteiger partial charge >= 0.3 is 13.7 Å². The summed E-state index contributed by atoms with van der Waals surface area (Å²) < 4.78 is 44.7. The molecule has 0 saturated carbocycles. The second-order valence-corrected chi connectivity index (χ2v) is 13.0. The molecule has 222 valence electrons. The van der Waals surface area contributed by atoms with Gasteiger partial charge in [0.05, 0.1) is 31.5 Å². The van der Waals surface area contributed by atoms with Gasteiger partial charge in [0.25, 0.3) is 0 Å². The number of rotatable bonds is 10. The van der Waals surface area contributed by atoms with Crippen molar-refractivity contribution in [3.8, 4) is 5.88 Å². The normalized spacial score (nSPS) is 28.5. The molecule has 6 atom stereocenters. The number of anilines is 1. The van der Waals surface area contributed by atoms with E-state index in [2.05, 4.69) is 20.0 Å². The highest BCUT2D eigenvalue weighted by molar-refractivity contribution is 7.51. The summed E-state index contributed by atoms with van der Waals surface area (Å²) in [5.41, 5.74) is 7.65. The summed E-state index contributed by atoms with van der Waals surface area (Å²) in [6, 6.07) is 9.01. The zero-order valence-electron chi connectivity index (χ0n) is 23.2. The van der Waals surface area contributed by atoms with Crippen molar-refractivity contribution in [2.24, 2.45) is 5.92 Å². The minimum absolute atomic E-state index is 0.00491. The van der Waals surface area contributed by atoms with Gasteiger partial charge in [0.1, 0.15) is 23.7 Å². The number of benzene rings is 1. The molecule has 1 aromatic carbocycles. The van der Waals surface area contributed by atoms with Crippen LogP contribution in [0.15, 0.2) is 36.7 Å². The first-order valence-electron chi connectivity index (χ1n) is 13.4. The van der Waals surface area contributed by atoms with Crippen molar-refractivity contribution in [1.29, 1.82) is 0 Å². The molecule has 0 amide bonds. The molecule has 2 aliphatic rings. The van der Waals surface area contributed by atoms with Crippen molar-refractivity contribution in [2.75, 3.05) is 25.6 Å². The third-order valence-electron chi connectivity index (χ3n) is 6.85. The van der Waals surface area contributed by atoms with Gasteiger partial charge in [0.15, 0.2) is 17.4 Å². The Labute approximate surface area is 242 Å². The molecule has 0 radical (unpaired) electrons. The maximum atomic E-state index is 13.9. The zero-order chi connectivity index (χ0) is 29.4. The van der Waals surface area contributed by atoms with Gasteiger partial charge in [-0.2, -0.15) is 9.97 Å². The summed E-state index contributed by atoms with van der Waals surface area (Å²) in [4.78, 5) is 23.8. The van der Waals surface area contributed by atoms with E-state index in [1.54, 1.807) is 25.3 Å². The van der Waals surface area contributed by atoms with E-state index in [-0.39, 0.29) is 36.9 Å². The van der Waals surface area contributed by atoms with E-state index >= 15 is 0 Å². The van der Waals surface area contributed by atoms with Gasteiger partial charge in [-0.1, -0.05) is 44.2 Å². The van der Waals surface area contributed by atoms with Crippen molar-refractivity contribution in [3.05, 3.63) is 42.2 Å². The number of imidazole rings is 1. The second kappa shape index (κ2) is 11.8. The first kappa shape index (κ1) is 29.7. The quantitative estimate of drug-likeness (QED) is 0.196. The van der Waals surface area contributed by atoms with Crippen molar-refractivity contribution < 1.29 is 32.6 Å². The molecule has 2 aliphatic heterocycles. The van der Waals surface area contributed by atoms with Crippen molar-refractivity contribution in [1.82, 2.24) is 24.6 Å². The molecule has 1 unspecified atom stereocenters. The van der Waals surface area contributed by atoms with Crippen LogP contribution < -0.4 is 15.6 Å². The number of fused-ring (bicyclic) bond motifs is 2. The van der Waals surface area contributed by atoms with E-state index in [0.29, 0.717) is 24.2 Å². The Morgan fingerprint density at radius 1 is 1.32 bits per heavy atom. The predicted octanol–water partition coefficient (Wildman–Crippen LogP) is 3.63. The first-order chi connectivity index (χ1) is 19.5. The summed E-state index contributed by atoms with van der Waals surface area (Å²) in [5.74, 6) is -0.416. The standard InChI is InChI=1S/C26H34ClN6O7P/c1-5-36-22-19-21(30-25(28)31-22)33(14-29-19)24-26(4,27)20-18(39-24)13-38-41(35,40-20)32-17(12-37-23(34)15(2)3)11-16-9-7-6-8-10-16/h6-10,14-15,17-18,20,24H,5,11-13H2,1-4H3,(H,32,35)(H2,28,30,31)/t17-,18-,20?,24-,26-,41-/m1/s1. The van der Waals surface area contributed by atoms with Crippen LogP contribution >= 0.6 is 19.3 Å². The molecule has 2 saturated heterocycles. The predicted molar refractivity (Wildman–Crippen MR) is 150 cm³/mol. The van der Waals surface area contributed by atoms with E-state index in [4.69, 9.17) is 40.6 Å². The van der Waals surface area contributed by atoms with Gasteiger partial charge in [0.2, 0.25) is 11.8 Å². The number of nitrogen functional groups attached to an aromatic ring is 1. The molecule has 2 fully saturated rings. The van der Waals surface area contributed by atoms with Gasteiger partial charge in [-0.05, 0) is 25.8 Å². The molecule has 0 aliphatic carbocycles. The van der Waals surface area contributed by atoms with E-state index in [9.17, 15) is 9.36 Å². The molecular weight excluding hydrogens is 575 g/mol. The van der Waals surface area contributed by atoms with Crippen LogP contribution in [0.4, 0.5) is 5.95 Å². The molecule has 13 nitrogen and oxygen atoms in total. The Hall–Kier alpha value is -2.80. The molecule has 4 heterocycles. The minimum atomic E-state index is -3.91. The number of hydrogen-bond donors (Lipinski definition) is 2. The monoisotopic (exact) mass is 608 g/mol. The summed E-state index contributed by atoms with van der Waals surface area (Å²) in [6.45, 7) is 7.33. The van der Waals surface area contributed by atoms with Crippen LogP contribution in [-0.2, 0) is 34.3 Å². The van der Waals surface area contributed by atoms with Gasteiger partial charge < -0.3 is 19.9 Å². The molecule has 15 heteroatoms. The minimum Gasteiger partial charge on any atom is -0.476 e. The summed E-state index contributed by atoms with van der Waals surface area (Å²) >= 11 is 7.09. The second-order valence-electron chi connectivity index (χ2n) is 10.4. The number of nitrogens with zero attached hydrogens (tertiary/aromatic N) is 4. The first-order valence-corrected chi connectivity index (χ1v) is 15.3. The summed E-state index contributed by atoms with van der Waals surface area (Å²) in [6.07, 6.45) is -0.365. The molecule has 41 heavy (non-hydrogen) atoms. The highest BCUT2D eigenvalue weighted by atomic mass is 35.5. The molecule has 5 rings (SSSR count). The van der Waals surface area contributed by atoms with E-state index < -0.39 is 37.1 Å². The Morgan fingerprint density at radius 3 is 2.78 bits per heavy atom. The molecule has 3 N–H and O–H groups in total. The molecule has 0 spiro atoms. The smallest absolute Gasteiger partial charge is 0.406 e. The van der Waals surface area contributed by atoms with Crippen molar-refractivity contribution in [3.63, 3.8) is 0 Å². The maximum Gasteiger partial charge on any atom is 0.406 e. The molecule has 0 bridgehead atoms. The maximum absolute atomic E-state index is 13.9. The van der Waals surface area contributed by atoms with Crippen LogP contribution in [0.25, 0.3) is 11.2 Å². The van der Waals surface area contributed by atoms with Crippen molar-refractivity contribution in [2.45, 2.75) is 63.5 Å². The van der Waals surface area contributed by atoms with Gasteiger partial charge in [-0.3, -0.25) is 18.4 Å². The van der Waals surface area contributed by atoms with Gasteiger partial charge in [-0.15, -0.1) is 11.6 Å². The van der Waals surface area contributed by atoms with Crippen LogP contribution in [0.5, 0.6) is 5.88 Å². The number of nitrogens with one attached hydrogen (secondary N) is 1. The van der Waals surface area contributed by atoms with E-state index in [1.807, 2.05) is 37.3 Å². The number of hydrogen-bond acceptors (Lipinski definition) is 11. The third kappa shape index (κ3) is 6.20. The lowest BCUT2D eigenvalue weighted by molar-refractivity contribution is -0.148. The molecule has 3 aromatic rings. The van der Waals surface area contributed by atoms with Crippen LogP contribution in [-0.4, -0.2) is 68.4 Å². The number of ether oxygens (including phenoxy) is 3. The largest absolute Gasteiger partial charge is 0.476 e. The number of halogens is 1. The van der Waals surface area contributed by atoms with E-state index in [0.717, 1.165) is 5.56 Å². The SMILES string of the molecule is CCOc1nc(N)nc2c1ncn2[C@@H]1O[C@@H]2CO[P@](=O)(N[C@@H](COC(=O)C(C)C)Cc3ccccc3)OC2[C@@]1(C)Cl. The van der Waals surface area contributed by atoms with E-state index in [1.165, 1.54) is 6.33 Å². The highest BCUT2D eigenvalue weighted by Gasteiger charge is 2.60. The Balaban J connectivity index is 1.37. The lowest BCUT2D eigenvalue weighted by atomic mass is 10.0. The number of carbonyl (C=O) groups excluding carboxylic acids is 1. The lowest BCUT2D eigenvalue weighted by Gasteiger charge is -2.36. The third-order valence-corrected chi connectivity index (χ3v) is 8.92. The summed E-state index contributed by atoms with van der Waals surface area (Å²) in [7, 11) is -3.91. The van der Waals surface area contributed by atoms with Crippen LogP contribution in [0.3, 0.4) is 0 Å². The molecule has 2 aromatic heterocycles.